The van der Waals surface area contributed by atoms with Crippen LogP contribution < -0.4 is 4.74 Å². The Bertz CT molecular complexity index is 878. The van der Waals surface area contributed by atoms with E-state index in [0.29, 0.717) is 10.9 Å². The van der Waals surface area contributed by atoms with Crippen LogP contribution in [0, 0.1) is 0 Å². The van der Waals surface area contributed by atoms with Crippen molar-refractivity contribution in [1.29, 1.82) is 0 Å². The van der Waals surface area contributed by atoms with Crippen LogP contribution in [0.3, 0.4) is 0 Å². The zero-order valence-electron chi connectivity index (χ0n) is 24.9. The second-order valence-corrected chi connectivity index (χ2v) is 11.4. The van der Waals surface area contributed by atoms with Crippen molar-refractivity contribution in [3.63, 3.8) is 0 Å². The highest BCUT2D eigenvalue weighted by Crippen LogP contribution is 2.23. The summed E-state index contributed by atoms with van der Waals surface area (Å²) in [6, 6.07) is 18.5. The number of rotatable bonds is 20. The van der Waals surface area contributed by atoms with E-state index in [2.05, 4.69) is 71.3 Å². The Morgan fingerprint density at radius 2 is 1.32 bits per heavy atom. The zero-order chi connectivity index (χ0) is 27.6. The summed E-state index contributed by atoms with van der Waals surface area (Å²) in [6.07, 6.45) is 14.5. The van der Waals surface area contributed by atoms with Crippen molar-refractivity contribution in [1.82, 2.24) is 0 Å². The lowest BCUT2D eigenvalue weighted by Crippen LogP contribution is -2.53. The lowest BCUT2D eigenvalue weighted by atomic mass is 10.0. The number of quaternary nitrogens is 1. The summed E-state index contributed by atoms with van der Waals surface area (Å²) < 4.78 is 12.8. The average molecular weight is 525 g/mol. The molecule has 0 aliphatic carbocycles. The number of hydrogen-bond acceptors (Lipinski definition) is 3. The number of ether oxygens (including phenoxy) is 2. The second-order valence-electron chi connectivity index (χ2n) is 11.4. The molecule has 2 rings (SSSR count). The molecule has 0 spiro atoms. The SMILES string of the molecule is CCCCCCCCCCc1ccc(OC(CCC)OC(=O)C(CCC)[N+](C)(C)Cc2ccccc2)cc1. The number of aryl methyl sites for hydroxylation is 1. The molecule has 2 aromatic carbocycles. The van der Waals surface area contributed by atoms with Crippen LogP contribution in [0.2, 0.25) is 0 Å². The zero-order valence-corrected chi connectivity index (χ0v) is 24.9. The van der Waals surface area contributed by atoms with Gasteiger partial charge in [0.25, 0.3) is 0 Å². The maximum atomic E-state index is 13.4. The van der Waals surface area contributed by atoms with E-state index < -0.39 is 6.29 Å². The molecule has 0 saturated heterocycles. The van der Waals surface area contributed by atoms with Crippen molar-refractivity contribution in [2.75, 3.05) is 14.1 Å². The summed E-state index contributed by atoms with van der Waals surface area (Å²) in [7, 11) is 4.24. The summed E-state index contributed by atoms with van der Waals surface area (Å²) in [5.74, 6) is 0.596. The molecule has 2 atom stereocenters. The van der Waals surface area contributed by atoms with Crippen LogP contribution in [0.15, 0.2) is 54.6 Å². The Labute approximate surface area is 233 Å². The first kappa shape index (κ1) is 31.9. The van der Waals surface area contributed by atoms with Crippen molar-refractivity contribution >= 4 is 5.97 Å². The first-order valence-corrected chi connectivity index (χ1v) is 15.2. The lowest BCUT2D eigenvalue weighted by molar-refractivity contribution is -0.920. The number of esters is 1. The van der Waals surface area contributed by atoms with Crippen LogP contribution in [0.4, 0.5) is 0 Å². The smallest absolute Gasteiger partial charge is 0.368 e. The van der Waals surface area contributed by atoms with Crippen LogP contribution in [0.5, 0.6) is 5.75 Å². The molecule has 4 heteroatoms. The minimum absolute atomic E-state index is 0.169. The van der Waals surface area contributed by atoms with E-state index in [-0.39, 0.29) is 12.0 Å². The third-order valence-electron chi connectivity index (χ3n) is 7.39. The van der Waals surface area contributed by atoms with Crippen LogP contribution >= 0.6 is 0 Å². The van der Waals surface area contributed by atoms with Crippen molar-refractivity contribution < 1.29 is 18.8 Å². The normalized spacial score (nSPS) is 13.2. The van der Waals surface area contributed by atoms with E-state index >= 15 is 0 Å². The molecule has 0 heterocycles. The van der Waals surface area contributed by atoms with Gasteiger partial charge in [0.1, 0.15) is 12.3 Å². The molecular formula is C34H54NO3+. The Balaban J connectivity index is 1.89. The molecule has 2 unspecified atom stereocenters. The van der Waals surface area contributed by atoms with Gasteiger partial charge in [0, 0.05) is 18.4 Å². The fourth-order valence-corrected chi connectivity index (χ4v) is 5.13. The monoisotopic (exact) mass is 524 g/mol. The van der Waals surface area contributed by atoms with E-state index in [1.165, 1.54) is 62.5 Å². The Kier molecular flexibility index (Phi) is 15.1. The van der Waals surface area contributed by atoms with Crippen molar-refractivity contribution in [3.8, 4) is 5.75 Å². The number of carbonyl (C=O) groups is 1. The Morgan fingerprint density at radius 1 is 0.711 bits per heavy atom. The molecule has 0 aliphatic rings. The molecule has 0 aromatic heterocycles. The third-order valence-corrected chi connectivity index (χ3v) is 7.39. The van der Waals surface area contributed by atoms with Crippen molar-refractivity contribution in [2.45, 2.75) is 123 Å². The van der Waals surface area contributed by atoms with Gasteiger partial charge >= 0.3 is 5.97 Å². The van der Waals surface area contributed by atoms with Gasteiger partial charge in [0.2, 0.25) is 6.29 Å². The second kappa shape index (κ2) is 18.0. The van der Waals surface area contributed by atoms with Crippen molar-refractivity contribution in [2.24, 2.45) is 0 Å². The number of likely N-dealkylation sites (N-methyl/N-ethyl adjacent to an activating group) is 1. The van der Waals surface area contributed by atoms with Crippen molar-refractivity contribution in [3.05, 3.63) is 65.7 Å². The van der Waals surface area contributed by atoms with Crippen LogP contribution in [-0.2, 0) is 22.5 Å². The molecule has 0 amide bonds. The summed E-state index contributed by atoms with van der Waals surface area (Å²) in [5.41, 5.74) is 2.56. The molecule has 0 fully saturated rings. The fourth-order valence-electron chi connectivity index (χ4n) is 5.13. The number of hydrogen-bond donors (Lipinski definition) is 0. The topological polar surface area (TPSA) is 35.5 Å². The Hall–Kier alpha value is -2.33. The molecule has 0 saturated carbocycles. The van der Waals surface area contributed by atoms with Gasteiger partial charge < -0.3 is 14.0 Å². The third kappa shape index (κ3) is 12.0. The van der Waals surface area contributed by atoms with Crippen LogP contribution in [-0.4, -0.2) is 36.9 Å². The first-order chi connectivity index (χ1) is 18.4. The summed E-state index contributed by atoms with van der Waals surface area (Å²) in [4.78, 5) is 13.4. The molecule has 38 heavy (non-hydrogen) atoms. The van der Waals surface area contributed by atoms with Gasteiger partial charge in [0.05, 0.1) is 14.1 Å². The highest BCUT2D eigenvalue weighted by atomic mass is 16.7. The average Bonchev–Trinajstić information content (AvgIpc) is 2.90. The molecule has 212 valence electrons. The minimum atomic E-state index is -0.567. The quantitative estimate of drug-likeness (QED) is 0.0751. The molecule has 0 N–H and O–H groups in total. The fraction of sp³-hybridized carbons (Fsp3) is 0.618. The summed E-state index contributed by atoms with van der Waals surface area (Å²) in [6.45, 7) is 7.26. The molecule has 4 nitrogen and oxygen atoms in total. The number of benzene rings is 2. The van der Waals surface area contributed by atoms with Gasteiger partial charge in [-0.2, -0.15) is 0 Å². The largest absolute Gasteiger partial charge is 0.455 e. The van der Waals surface area contributed by atoms with E-state index in [4.69, 9.17) is 9.47 Å². The lowest BCUT2D eigenvalue weighted by Gasteiger charge is -2.37. The number of nitrogens with zero attached hydrogens (tertiary/aromatic N) is 1. The Morgan fingerprint density at radius 3 is 1.92 bits per heavy atom. The van der Waals surface area contributed by atoms with Crippen LogP contribution in [0.1, 0.15) is 109 Å². The molecule has 2 aromatic rings. The van der Waals surface area contributed by atoms with Gasteiger partial charge in [-0.25, -0.2) is 4.79 Å². The number of unbranched alkanes of at least 4 members (excludes halogenated alkanes) is 7. The van der Waals surface area contributed by atoms with E-state index in [9.17, 15) is 4.79 Å². The van der Waals surface area contributed by atoms with E-state index in [0.717, 1.165) is 38.0 Å². The molecular weight excluding hydrogens is 470 g/mol. The van der Waals surface area contributed by atoms with Gasteiger partial charge in [-0.15, -0.1) is 0 Å². The standard InChI is InChI=1S/C34H54NO3/c1-6-9-10-11-12-13-14-16-21-29-24-26-31(27-25-29)37-33(20-8-3)38-34(36)32(19-7-2)35(4,5)28-30-22-17-15-18-23-30/h15,17-18,22-27,32-33H,6-14,16,19-21,28H2,1-5H3/q+1. The predicted molar refractivity (Wildman–Crippen MR) is 159 cm³/mol. The van der Waals surface area contributed by atoms with Gasteiger partial charge in [0.15, 0.2) is 6.04 Å². The van der Waals surface area contributed by atoms with Gasteiger partial charge in [-0.1, -0.05) is 108 Å². The highest BCUT2D eigenvalue weighted by molar-refractivity contribution is 5.74. The summed E-state index contributed by atoms with van der Waals surface area (Å²) in [5, 5.41) is 0. The van der Waals surface area contributed by atoms with E-state index in [1.807, 2.05) is 18.2 Å². The van der Waals surface area contributed by atoms with Crippen LogP contribution in [0.25, 0.3) is 0 Å². The van der Waals surface area contributed by atoms with Gasteiger partial charge in [-0.05, 0) is 43.4 Å². The van der Waals surface area contributed by atoms with Gasteiger partial charge in [-0.3, -0.25) is 0 Å². The predicted octanol–water partition coefficient (Wildman–Crippen LogP) is 8.86. The maximum Gasteiger partial charge on any atom is 0.368 e. The van der Waals surface area contributed by atoms with E-state index in [1.54, 1.807) is 0 Å². The maximum absolute atomic E-state index is 13.4. The molecule has 0 bridgehead atoms. The highest BCUT2D eigenvalue weighted by Gasteiger charge is 2.37. The number of carbonyl (C=O) groups excluding carboxylic acids is 1. The molecule has 0 aliphatic heterocycles. The molecule has 0 radical (unpaired) electrons. The minimum Gasteiger partial charge on any atom is -0.455 e. The summed E-state index contributed by atoms with van der Waals surface area (Å²) >= 11 is 0. The first-order valence-electron chi connectivity index (χ1n) is 15.2.